The highest BCUT2D eigenvalue weighted by atomic mass is 16.5. The van der Waals surface area contributed by atoms with Crippen LogP contribution in [0.25, 0.3) is 11.0 Å². The van der Waals surface area contributed by atoms with E-state index in [9.17, 15) is 9.59 Å². The summed E-state index contributed by atoms with van der Waals surface area (Å²) in [7, 11) is 1.59. The summed E-state index contributed by atoms with van der Waals surface area (Å²) in [5.41, 5.74) is 3.06. The van der Waals surface area contributed by atoms with Gasteiger partial charge in [-0.05, 0) is 42.8 Å². The highest BCUT2D eigenvalue weighted by Gasteiger charge is 2.14. The summed E-state index contributed by atoms with van der Waals surface area (Å²) < 4.78 is 7.16. The average molecular weight is 443 g/mol. The smallest absolute Gasteiger partial charge is 0.251 e. The van der Waals surface area contributed by atoms with E-state index >= 15 is 0 Å². The Morgan fingerprint density at radius 2 is 1.76 bits per heavy atom. The minimum absolute atomic E-state index is 0.0956. The van der Waals surface area contributed by atoms with Gasteiger partial charge in [-0.1, -0.05) is 36.4 Å². The van der Waals surface area contributed by atoms with Crippen molar-refractivity contribution in [1.29, 1.82) is 0 Å². The molecule has 0 unspecified atom stereocenters. The second-order valence-electron chi connectivity index (χ2n) is 7.61. The molecule has 2 N–H and O–H groups in total. The van der Waals surface area contributed by atoms with E-state index in [-0.39, 0.29) is 18.4 Å². The number of amides is 2. The van der Waals surface area contributed by atoms with E-state index in [4.69, 9.17) is 9.72 Å². The first-order valence-electron chi connectivity index (χ1n) is 10.9. The number of ether oxygens (including phenoxy) is 1. The predicted octanol–water partition coefficient (Wildman–Crippen LogP) is 4.05. The molecule has 4 aromatic rings. The summed E-state index contributed by atoms with van der Waals surface area (Å²) >= 11 is 0. The van der Waals surface area contributed by atoms with Gasteiger partial charge in [0.15, 0.2) is 0 Å². The molecule has 0 atom stereocenters. The fraction of sp³-hybridized carbons (Fsp3) is 0.192. The van der Waals surface area contributed by atoms with Crippen LogP contribution in [0, 0.1) is 0 Å². The van der Waals surface area contributed by atoms with Crippen LogP contribution in [0.15, 0.2) is 78.9 Å². The minimum atomic E-state index is -0.148. The van der Waals surface area contributed by atoms with Crippen LogP contribution in [0.5, 0.6) is 5.75 Å². The Balaban J connectivity index is 1.42. The van der Waals surface area contributed by atoms with Gasteiger partial charge in [0.2, 0.25) is 5.91 Å². The summed E-state index contributed by atoms with van der Waals surface area (Å²) in [4.78, 5) is 29.8. The number of hydrogen-bond acceptors (Lipinski definition) is 4. The molecule has 7 heteroatoms. The molecule has 4 rings (SSSR count). The molecule has 0 aliphatic heterocycles. The van der Waals surface area contributed by atoms with Crippen molar-refractivity contribution in [3.05, 3.63) is 90.3 Å². The molecule has 7 nitrogen and oxygen atoms in total. The van der Waals surface area contributed by atoms with Crippen LogP contribution in [-0.4, -0.2) is 35.0 Å². The highest BCUT2D eigenvalue weighted by Crippen LogP contribution is 2.19. The summed E-state index contributed by atoms with van der Waals surface area (Å²) in [6.45, 7) is 0.663. The van der Waals surface area contributed by atoms with E-state index in [1.165, 1.54) is 0 Å². The zero-order chi connectivity index (χ0) is 23.0. The maximum Gasteiger partial charge on any atom is 0.251 e. The lowest BCUT2D eigenvalue weighted by Gasteiger charge is -2.11. The third-order valence-electron chi connectivity index (χ3n) is 5.29. The number of imidazole rings is 1. The van der Waals surface area contributed by atoms with Crippen LogP contribution in [0.2, 0.25) is 0 Å². The normalized spacial score (nSPS) is 10.7. The Morgan fingerprint density at radius 3 is 2.58 bits per heavy atom. The zero-order valence-electron chi connectivity index (χ0n) is 18.5. The summed E-state index contributed by atoms with van der Waals surface area (Å²) in [6, 6.07) is 24.2. The lowest BCUT2D eigenvalue weighted by atomic mass is 10.2. The van der Waals surface area contributed by atoms with E-state index in [0.717, 1.165) is 16.9 Å². The first kappa shape index (κ1) is 22.1. The van der Waals surface area contributed by atoms with Crippen molar-refractivity contribution >= 4 is 28.5 Å². The molecule has 1 heterocycles. The molecule has 1 aromatic heterocycles. The number of nitrogens with zero attached hydrogens (tertiary/aromatic N) is 2. The van der Waals surface area contributed by atoms with Gasteiger partial charge in [0, 0.05) is 30.3 Å². The molecule has 3 aromatic carbocycles. The molecule has 33 heavy (non-hydrogen) atoms. The van der Waals surface area contributed by atoms with Crippen molar-refractivity contribution < 1.29 is 14.3 Å². The van der Waals surface area contributed by atoms with E-state index in [0.29, 0.717) is 36.4 Å². The molecule has 0 bridgehead atoms. The second kappa shape index (κ2) is 10.5. The Hall–Kier alpha value is -4.13. The van der Waals surface area contributed by atoms with E-state index in [2.05, 4.69) is 10.6 Å². The monoisotopic (exact) mass is 442 g/mol. The Morgan fingerprint density at radius 1 is 0.970 bits per heavy atom. The number of anilines is 1. The fourth-order valence-corrected chi connectivity index (χ4v) is 3.68. The number of benzene rings is 3. The first-order chi connectivity index (χ1) is 16.1. The summed E-state index contributed by atoms with van der Waals surface area (Å²) in [6.07, 6.45) is 1.34. The molecular weight excluding hydrogens is 416 g/mol. The van der Waals surface area contributed by atoms with Crippen molar-refractivity contribution in [2.24, 2.45) is 0 Å². The van der Waals surface area contributed by atoms with Crippen molar-refractivity contribution in [2.45, 2.75) is 19.4 Å². The molecule has 168 valence electrons. The molecule has 0 saturated heterocycles. The van der Waals surface area contributed by atoms with Crippen molar-refractivity contribution in [2.75, 3.05) is 19.0 Å². The maximum atomic E-state index is 12.8. The van der Waals surface area contributed by atoms with Crippen molar-refractivity contribution in [1.82, 2.24) is 14.9 Å². The number of fused-ring (bicyclic) bond motifs is 1. The largest absolute Gasteiger partial charge is 0.497 e. The Labute approximate surface area is 192 Å². The second-order valence-corrected chi connectivity index (χ2v) is 7.61. The third kappa shape index (κ3) is 5.57. The van der Waals surface area contributed by atoms with Gasteiger partial charge in [0.25, 0.3) is 5.91 Å². The number of aryl methyl sites for hydroxylation is 1. The molecular formula is C26H26N4O3. The van der Waals surface area contributed by atoms with Crippen LogP contribution in [0.1, 0.15) is 22.6 Å². The number of para-hydroxylation sites is 2. The van der Waals surface area contributed by atoms with Crippen molar-refractivity contribution in [3.8, 4) is 5.75 Å². The van der Waals surface area contributed by atoms with Gasteiger partial charge in [-0.25, -0.2) is 4.98 Å². The molecule has 0 spiro atoms. The standard InChI is InChI=1S/C26H26N4O3/c1-33-21-12-7-11-20(17-21)28-25(31)18-30-23-14-6-5-13-22(23)29-24(30)15-8-16-27-26(32)19-9-3-2-4-10-19/h2-7,9-14,17H,8,15-16,18H2,1H3,(H,27,32)(H,28,31). The number of aromatic nitrogens is 2. The van der Waals surface area contributed by atoms with Gasteiger partial charge in [-0.3, -0.25) is 9.59 Å². The lowest BCUT2D eigenvalue weighted by Crippen LogP contribution is -2.25. The number of hydrogen-bond donors (Lipinski definition) is 2. The van der Waals surface area contributed by atoms with Gasteiger partial charge in [-0.15, -0.1) is 0 Å². The maximum absolute atomic E-state index is 12.8. The van der Waals surface area contributed by atoms with Gasteiger partial charge < -0.3 is 19.9 Å². The third-order valence-corrected chi connectivity index (χ3v) is 5.29. The molecule has 0 aliphatic rings. The Bertz CT molecular complexity index is 1250. The van der Waals surface area contributed by atoms with Crippen LogP contribution in [0.4, 0.5) is 5.69 Å². The number of rotatable bonds is 9. The summed E-state index contributed by atoms with van der Waals surface area (Å²) in [5.74, 6) is 1.25. The van der Waals surface area contributed by atoms with Crippen LogP contribution in [-0.2, 0) is 17.8 Å². The summed E-state index contributed by atoms with van der Waals surface area (Å²) in [5, 5.41) is 5.86. The first-order valence-corrected chi connectivity index (χ1v) is 10.9. The average Bonchev–Trinajstić information content (AvgIpc) is 3.19. The van der Waals surface area contributed by atoms with E-state index in [1.807, 2.05) is 65.2 Å². The Kier molecular flexibility index (Phi) is 6.99. The van der Waals surface area contributed by atoms with Crippen LogP contribution < -0.4 is 15.4 Å². The van der Waals surface area contributed by atoms with Crippen LogP contribution >= 0.6 is 0 Å². The van der Waals surface area contributed by atoms with Gasteiger partial charge in [0.05, 0.1) is 18.1 Å². The number of methoxy groups -OCH3 is 1. The van der Waals surface area contributed by atoms with E-state index < -0.39 is 0 Å². The number of carbonyl (C=O) groups is 2. The highest BCUT2D eigenvalue weighted by molar-refractivity contribution is 5.94. The van der Waals surface area contributed by atoms with Crippen LogP contribution in [0.3, 0.4) is 0 Å². The number of nitrogens with one attached hydrogen (secondary N) is 2. The zero-order valence-corrected chi connectivity index (χ0v) is 18.5. The topological polar surface area (TPSA) is 85.2 Å². The quantitative estimate of drug-likeness (QED) is 0.383. The SMILES string of the molecule is COc1cccc(NC(=O)Cn2c(CCCNC(=O)c3ccccc3)nc3ccccc32)c1. The molecule has 0 radical (unpaired) electrons. The van der Waals surface area contributed by atoms with Crippen molar-refractivity contribution in [3.63, 3.8) is 0 Å². The molecule has 0 fully saturated rings. The predicted molar refractivity (Wildman–Crippen MR) is 128 cm³/mol. The number of carbonyl (C=O) groups excluding carboxylic acids is 2. The fourth-order valence-electron chi connectivity index (χ4n) is 3.68. The van der Waals surface area contributed by atoms with Gasteiger partial charge >= 0.3 is 0 Å². The minimum Gasteiger partial charge on any atom is -0.497 e. The molecule has 0 aliphatic carbocycles. The van der Waals surface area contributed by atoms with Gasteiger partial charge in [0.1, 0.15) is 18.1 Å². The lowest BCUT2D eigenvalue weighted by molar-refractivity contribution is -0.116. The van der Waals surface area contributed by atoms with Gasteiger partial charge in [-0.2, -0.15) is 0 Å². The van der Waals surface area contributed by atoms with E-state index in [1.54, 1.807) is 25.3 Å². The molecule has 2 amide bonds. The molecule has 0 saturated carbocycles.